The largest absolute Gasteiger partial charge is 0.0776 e. The molecule has 0 aromatic carbocycles. The maximum Gasteiger partial charge on any atom is -0.0422 e. The van der Waals surface area contributed by atoms with E-state index in [1.165, 1.54) is 6.42 Å². The molecular formula is C9H24. The van der Waals surface area contributed by atoms with Gasteiger partial charge in [-0.25, -0.2) is 0 Å². The molecule has 0 saturated carbocycles. The highest BCUT2D eigenvalue weighted by molar-refractivity contribution is 4.52. The molecule has 0 N–H and O–H groups in total. The fraction of sp³-hybridized carbons (Fsp3) is 1.00. The smallest absolute Gasteiger partial charge is 0.0422 e. The van der Waals surface area contributed by atoms with Crippen molar-refractivity contribution in [1.29, 1.82) is 0 Å². The van der Waals surface area contributed by atoms with Gasteiger partial charge < -0.3 is 0 Å². The van der Waals surface area contributed by atoms with Gasteiger partial charge in [0.1, 0.15) is 0 Å². The Kier molecular flexibility index (Phi) is 14.2. The molecule has 0 aliphatic heterocycles. The average molecular weight is 132 g/mol. The summed E-state index contributed by atoms with van der Waals surface area (Å²) < 4.78 is 0. The van der Waals surface area contributed by atoms with E-state index in [0.29, 0.717) is 0 Å². The van der Waals surface area contributed by atoms with Crippen LogP contribution >= 0.6 is 0 Å². The summed E-state index contributed by atoms with van der Waals surface area (Å²) in [6, 6.07) is 0. The summed E-state index contributed by atoms with van der Waals surface area (Å²) in [6.07, 6.45) is 1.32. The summed E-state index contributed by atoms with van der Waals surface area (Å²) in [5.41, 5.74) is 0. The van der Waals surface area contributed by atoms with Gasteiger partial charge in [-0.05, 0) is 11.8 Å². The van der Waals surface area contributed by atoms with Gasteiger partial charge in [0.25, 0.3) is 0 Å². The number of hydrogen-bond acceptors (Lipinski definition) is 0. The summed E-state index contributed by atoms with van der Waals surface area (Å²) in [5.74, 6) is 1.77. The van der Waals surface area contributed by atoms with Crippen LogP contribution in [0.4, 0.5) is 0 Å². The summed E-state index contributed by atoms with van der Waals surface area (Å²) >= 11 is 0. The summed E-state index contributed by atoms with van der Waals surface area (Å²) in [5, 5.41) is 0. The van der Waals surface area contributed by atoms with Crippen molar-refractivity contribution in [2.24, 2.45) is 11.8 Å². The lowest BCUT2D eigenvalue weighted by molar-refractivity contribution is 0.407. The third-order valence-electron chi connectivity index (χ3n) is 1.78. The predicted octanol–water partition coefficient (Wildman–Crippen LogP) is 3.96. The van der Waals surface area contributed by atoms with E-state index in [1.54, 1.807) is 0 Å². The molecule has 0 heteroatoms. The molecular weight excluding hydrogens is 108 g/mol. The maximum atomic E-state index is 2.30. The van der Waals surface area contributed by atoms with Crippen molar-refractivity contribution in [3.05, 3.63) is 0 Å². The average Bonchev–Trinajstić information content (AvgIpc) is 1.65. The Balaban J connectivity index is -0.000000180. The second kappa shape index (κ2) is 8.00. The molecule has 0 aromatic heterocycles. The van der Waals surface area contributed by atoms with Crippen LogP contribution in [0.1, 0.15) is 49.0 Å². The molecule has 0 saturated heterocycles. The van der Waals surface area contributed by atoms with Crippen LogP contribution in [0.5, 0.6) is 0 Å². The molecule has 0 aromatic rings. The normalized spacial score (nSPS) is 11.7. The second-order valence-electron chi connectivity index (χ2n) is 2.63. The van der Waals surface area contributed by atoms with Gasteiger partial charge in [0, 0.05) is 0 Å². The van der Waals surface area contributed by atoms with E-state index < -0.39 is 0 Å². The number of rotatable bonds is 2. The third-order valence-corrected chi connectivity index (χ3v) is 1.78. The van der Waals surface area contributed by atoms with Crippen molar-refractivity contribution in [2.45, 2.75) is 49.0 Å². The number of hydrogen-bond donors (Lipinski definition) is 0. The van der Waals surface area contributed by atoms with Crippen LogP contribution in [-0.2, 0) is 0 Å². The minimum atomic E-state index is 0. The fourth-order valence-electron chi connectivity index (χ4n) is 0.471. The molecule has 0 aliphatic carbocycles. The SMILES string of the molecule is C.C.CCC(C)C(C)C. The van der Waals surface area contributed by atoms with Crippen LogP contribution in [0.15, 0.2) is 0 Å². The molecule has 0 bridgehead atoms. The zero-order chi connectivity index (χ0) is 5.86. The van der Waals surface area contributed by atoms with E-state index in [0.717, 1.165) is 11.8 Å². The molecule has 0 fully saturated rings. The van der Waals surface area contributed by atoms with E-state index >= 15 is 0 Å². The van der Waals surface area contributed by atoms with E-state index in [-0.39, 0.29) is 14.9 Å². The van der Waals surface area contributed by atoms with E-state index in [9.17, 15) is 0 Å². The zero-order valence-electron chi connectivity index (χ0n) is 5.86. The van der Waals surface area contributed by atoms with Crippen LogP contribution in [0.3, 0.4) is 0 Å². The summed E-state index contributed by atoms with van der Waals surface area (Å²) in [7, 11) is 0. The van der Waals surface area contributed by atoms with E-state index in [2.05, 4.69) is 27.7 Å². The van der Waals surface area contributed by atoms with Crippen LogP contribution in [0.25, 0.3) is 0 Å². The van der Waals surface area contributed by atoms with Gasteiger partial charge in [0.15, 0.2) is 0 Å². The van der Waals surface area contributed by atoms with Crippen LogP contribution in [0.2, 0.25) is 0 Å². The third kappa shape index (κ3) is 8.00. The minimum absolute atomic E-state index is 0. The Bertz CT molecular complexity index is 37.3. The first-order chi connectivity index (χ1) is 3.18. The van der Waals surface area contributed by atoms with Crippen molar-refractivity contribution >= 4 is 0 Å². The molecule has 60 valence electrons. The molecule has 1 atom stereocenters. The summed E-state index contributed by atoms with van der Waals surface area (Å²) in [6.45, 7) is 9.08. The first-order valence-corrected chi connectivity index (χ1v) is 3.18. The summed E-state index contributed by atoms with van der Waals surface area (Å²) in [4.78, 5) is 0. The molecule has 0 spiro atoms. The highest BCUT2D eigenvalue weighted by Crippen LogP contribution is 2.11. The highest BCUT2D eigenvalue weighted by Gasteiger charge is 2.01. The zero-order valence-corrected chi connectivity index (χ0v) is 5.86. The van der Waals surface area contributed by atoms with Gasteiger partial charge in [0.2, 0.25) is 0 Å². The first kappa shape index (κ1) is 16.0. The van der Waals surface area contributed by atoms with Crippen LogP contribution in [0, 0.1) is 11.8 Å². The van der Waals surface area contributed by atoms with Gasteiger partial charge in [-0.1, -0.05) is 49.0 Å². The van der Waals surface area contributed by atoms with Crippen molar-refractivity contribution in [3.8, 4) is 0 Å². The van der Waals surface area contributed by atoms with Crippen molar-refractivity contribution < 1.29 is 0 Å². The molecule has 0 amide bonds. The minimum Gasteiger partial charge on any atom is -0.0776 e. The maximum absolute atomic E-state index is 2.30. The van der Waals surface area contributed by atoms with Crippen molar-refractivity contribution in [1.82, 2.24) is 0 Å². The van der Waals surface area contributed by atoms with Gasteiger partial charge in [-0.3, -0.25) is 0 Å². The molecule has 9 heavy (non-hydrogen) atoms. The Labute approximate surface area is 61.7 Å². The highest BCUT2D eigenvalue weighted by atomic mass is 14.1. The van der Waals surface area contributed by atoms with Gasteiger partial charge >= 0.3 is 0 Å². The van der Waals surface area contributed by atoms with E-state index in [1.807, 2.05) is 0 Å². The Morgan fingerprint density at radius 3 is 1.33 bits per heavy atom. The standard InChI is InChI=1S/C7H16.2CH4/c1-5-7(4)6(2)3;;/h6-7H,5H2,1-4H3;2*1H4. The topological polar surface area (TPSA) is 0 Å². The molecule has 1 unspecified atom stereocenters. The second-order valence-corrected chi connectivity index (χ2v) is 2.63. The van der Waals surface area contributed by atoms with Gasteiger partial charge in [-0.15, -0.1) is 0 Å². The Morgan fingerprint density at radius 2 is 1.33 bits per heavy atom. The Morgan fingerprint density at radius 1 is 1.00 bits per heavy atom. The van der Waals surface area contributed by atoms with E-state index in [4.69, 9.17) is 0 Å². The Hall–Kier alpha value is 0. The molecule has 0 aliphatic rings. The van der Waals surface area contributed by atoms with Gasteiger partial charge in [0.05, 0.1) is 0 Å². The van der Waals surface area contributed by atoms with Crippen molar-refractivity contribution in [3.63, 3.8) is 0 Å². The first-order valence-electron chi connectivity index (χ1n) is 3.18. The fourth-order valence-corrected chi connectivity index (χ4v) is 0.471. The van der Waals surface area contributed by atoms with Gasteiger partial charge in [-0.2, -0.15) is 0 Å². The predicted molar refractivity (Wildman–Crippen MR) is 47.8 cm³/mol. The monoisotopic (exact) mass is 132 g/mol. The van der Waals surface area contributed by atoms with Crippen LogP contribution in [-0.4, -0.2) is 0 Å². The molecule has 0 heterocycles. The van der Waals surface area contributed by atoms with Crippen LogP contribution < -0.4 is 0 Å². The lowest BCUT2D eigenvalue weighted by Crippen LogP contribution is -2.00. The lowest BCUT2D eigenvalue weighted by atomic mass is 9.96. The lowest BCUT2D eigenvalue weighted by Gasteiger charge is -2.10. The molecule has 0 radical (unpaired) electrons. The molecule has 0 nitrogen and oxygen atoms in total. The quantitative estimate of drug-likeness (QED) is 0.533. The van der Waals surface area contributed by atoms with Crippen molar-refractivity contribution in [2.75, 3.05) is 0 Å². The molecule has 0 rings (SSSR count).